The summed E-state index contributed by atoms with van der Waals surface area (Å²) in [6, 6.07) is 5.19. The van der Waals surface area contributed by atoms with Crippen LogP contribution in [-0.2, 0) is 16.9 Å². The molecule has 0 saturated heterocycles. The summed E-state index contributed by atoms with van der Waals surface area (Å²) < 4.78 is 19.7. The van der Waals surface area contributed by atoms with Crippen LogP contribution >= 0.6 is 0 Å². The maximum atomic E-state index is 13.8. The van der Waals surface area contributed by atoms with Gasteiger partial charge in [0, 0.05) is 5.56 Å². The Morgan fingerprint density at radius 3 is 2.60 bits per heavy atom. The van der Waals surface area contributed by atoms with Crippen molar-refractivity contribution in [2.24, 2.45) is 5.41 Å². The molecule has 1 nitrogen and oxygen atoms in total. The molecule has 15 heavy (non-hydrogen) atoms. The normalized spacial score (nSPS) is 25.4. The van der Waals surface area contributed by atoms with Gasteiger partial charge in [-0.25, -0.2) is 4.39 Å². The van der Waals surface area contributed by atoms with E-state index in [2.05, 4.69) is 20.8 Å². The third-order valence-electron chi connectivity index (χ3n) is 3.52. The first kappa shape index (κ1) is 10.6. The fraction of sp³-hybridized carbons (Fsp3) is 0.538. The molecule has 1 heterocycles. The molecule has 0 bridgehead atoms. The molecule has 0 fully saturated rings. The van der Waals surface area contributed by atoms with Crippen LogP contribution in [0.2, 0.25) is 0 Å². The molecule has 1 aromatic rings. The highest BCUT2D eigenvalue weighted by atomic mass is 19.1. The molecule has 0 spiro atoms. The monoisotopic (exact) mass is 208 g/mol. The second-order valence-electron chi connectivity index (χ2n) is 5.35. The quantitative estimate of drug-likeness (QED) is 0.632. The van der Waals surface area contributed by atoms with Crippen molar-refractivity contribution in [3.05, 3.63) is 35.1 Å². The van der Waals surface area contributed by atoms with Gasteiger partial charge in [-0.15, -0.1) is 0 Å². The smallest absolute Gasteiger partial charge is 0.129 e. The van der Waals surface area contributed by atoms with Gasteiger partial charge in [-0.1, -0.05) is 32.9 Å². The minimum Gasteiger partial charge on any atom is -0.365 e. The van der Waals surface area contributed by atoms with Crippen molar-refractivity contribution in [2.45, 2.75) is 39.9 Å². The van der Waals surface area contributed by atoms with Gasteiger partial charge in [-0.05, 0) is 24.0 Å². The van der Waals surface area contributed by atoms with E-state index in [9.17, 15) is 4.39 Å². The van der Waals surface area contributed by atoms with E-state index in [-0.39, 0.29) is 11.2 Å². The zero-order valence-electron chi connectivity index (χ0n) is 9.73. The number of rotatable bonds is 0. The standard InChI is InChI=1S/C13H17FO/c1-12(2,3)13(4)11-9(8-15-13)6-5-7-10(11)14/h5-7H,8H2,1-4H3. The van der Waals surface area contributed by atoms with E-state index in [1.807, 2.05) is 13.0 Å². The maximum absolute atomic E-state index is 13.8. The Morgan fingerprint density at radius 1 is 1.33 bits per heavy atom. The fourth-order valence-corrected chi connectivity index (χ4v) is 2.11. The molecule has 1 unspecified atom stereocenters. The predicted octanol–water partition coefficient (Wildman–Crippen LogP) is 3.62. The zero-order chi connectivity index (χ0) is 11.3. The highest BCUT2D eigenvalue weighted by Gasteiger charge is 2.46. The van der Waals surface area contributed by atoms with Crippen molar-refractivity contribution in [3.63, 3.8) is 0 Å². The Balaban J connectivity index is 2.62. The fourth-order valence-electron chi connectivity index (χ4n) is 2.11. The van der Waals surface area contributed by atoms with Crippen molar-refractivity contribution in [1.82, 2.24) is 0 Å². The molecule has 0 N–H and O–H groups in total. The zero-order valence-corrected chi connectivity index (χ0v) is 9.73. The second kappa shape index (κ2) is 3.05. The summed E-state index contributed by atoms with van der Waals surface area (Å²) in [7, 11) is 0. The van der Waals surface area contributed by atoms with Crippen LogP contribution in [0.3, 0.4) is 0 Å². The van der Waals surface area contributed by atoms with Crippen LogP contribution in [-0.4, -0.2) is 0 Å². The number of hydrogen-bond acceptors (Lipinski definition) is 1. The van der Waals surface area contributed by atoms with E-state index in [1.54, 1.807) is 6.07 Å². The molecule has 0 amide bonds. The third kappa shape index (κ3) is 1.39. The molecule has 0 aliphatic carbocycles. The maximum Gasteiger partial charge on any atom is 0.129 e. The van der Waals surface area contributed by atoms with E-state index < -0.39 is 5.60 Å². The van der Waals surface area contributed by atoms with Crippen LogP contribution in [0.1, 0.15) is 38.8 Å². The van der Waals surface area contributed by atoms with Crippen LogP contribution in [0.25, 0.3) is 0 Å². The molecule has 2 rings (SSSR count). The van der Waals surface area contributed by atoms with E-state index >= 15 is 0 Å². The average Bonchev–Trinajstić information content (AvgIpc) is 2.45. The van der Waals surface area contributed by atoms with Gasteiger partial charge in [-0.2, -0.15) is 0 Å². The van der Waals surface area contributed by atoms with Crippen LogP contribution in [0.15, 0.2) is 18.2 Å². The van der Waals surface area contributed by atoms with Gasteiger partial charge < -0.3 is 4.74 Å². The highest BCUT2D eigenvalue weighted by Crippen LogP contribution is 2.49. The lowest BCUT2D eigenvalue weighted by Crippen LogP contribution is -2.37. The second-order valence-corrected chi connectivity index (χ2v) is 5.35. The lowest BCUT2D eigenvalue weighted by molar-refractivity contribution is -0.101. The predicted molar refractivity (Wildman–Crippen MR) is 58.0 cm³/mol. The lowest BCUT2D eigenvalue weighted by Gasteiger charge is -2.38. The van der Waals surface area contributed by atoms with E-state index in [1.165, 1.54) is 6.07 Å². The number of ether oxygens (including phenoxy) is 1. The topological polar surface area (TPSA) is 9.23 Å². The van der Waals surface area contributed by atoms with Crippen LogP contribution < -0.4 is 0 Å². The van der Waals surface area contributed by atoms with Gasteiger partial charge >= 0.3 is 0 Å². The van der Waals surface area contributed by atoms with Crippen LogP contribution in [0.4, 0.5) is 4.39 Å². The Bertz CT molecular complexity index is 392. The minimum atomic E-state index is -0.520. The summed E-state index contributed by atoms with van der Waals surface area (Å²) in [5, 5.41) is 0. The number of benzene rings is 1. The molecular formula is C13H17FO. The van der Waals surface area contributed by atoms with Gasteiger partial charge in [0.05, 0.1) is 12.2 Å². The van der Waals surface area contributed by atoms with Gasteiger partial charge in [0.25, 0.3) is 0 Å². The average molecular weight is 208 g/mol. The van der Waals surface area contributed by atoms with Crippen LogP contribution in [0, 0.1) is 11.2 Å². The molecule has 0 radical (unpaired) electrons. The van der Waals surface area contributed by atoms with E-state index in [4.69, 9.17) is 4.74 Å². The Labute approximate surface area is 90.3 Å². The molecule has 2 heteroatoms. The van der Waals surface area contributed by atoms with Crippen molar-refractivity contribution in [3.8, 4) is 0 Å². The van der Waals surface area contributed by atoms with Crippen molar-refractivity contribution in [1.29, 1.82) is 0 Å². The summed E-state index contributed by atoms with van der Waals surface area (Å²) in [6.07, 6.45) is 0. The van der Waals surface area contributed by atoms with E-state index in [0.29, 0.717) is 6.61 Å². The molecule has 1 aliphatic heterocycles. The molecule has 1 atom stereocenters. The molecule has 1 aliphatic rings. The third-order valence-corrected chi connectivity index (χ3v) is 3.52. The van der Waals surface area contributed by atoms with Crippen molar-refractivity contribution >= 4 is 0 Å². The summed E-state index contributed by atoms with van der Waals surface area (Å²) in [4.78, 5) is 0. The molecule has 0 aromatic heterocycles. The van der Waals surface area contributed by atoms with Gasteiger partial charge in [0.15, 0.2) is 0 Å². The van der Waals surface area contributed by atoms with Crippen molar-refractivity contribution < 1.29 is 9.13 Å². The van der Waals surface area contributed by atoms with Gasteiger partial charge in [0.2, 0.25) is 0 Å². The minimum absolute atomic E-state index is 0.111. The highest BCUT2D eigenvalue weighted by molar-refractivity contribution is 5.37. The number of fused-ring (bicyclic) bond motifs is 1. The first-order valence-corrected chi connectivity index (χ1v) is 5.28. The van der Waals surface area contributed by atoms with E-state index in [0.717, 1.165) is 11.1 Å². The summed E-state index contributed by atoms with van der Waals surface area (Å²) in [5.74, 6) is -0.151. The molecule has 0 saturated carbocycles. The molecule has 1 aromatic carbocycles. The SMILES string of the molecule is CC(C)(C)C1(C)OCc2cccc(F)c21. The van der Waals surface area contributed by atoms with Crippen LogP contribution in [0.5, 0.6) is 0 Å². The molecule has 82 valence electrons. The first-order valence-electron chi connectivity index (χ1n) is 5.28. The number of hydrogen-bond donors (Lipinski definition) is 0. The first-order chi connectivity index (χ1) is 6.86. The van der Waals surface area contributed by atoms with Gasteiger partial charge in [-0.3, -0.25) is 0 Å². The van der Waals surface area contributed by atoms with Crippen molar-refractivity contribution in [2.75, 3.05) is 0 Å². The Kier molecular flexibility index (Phi) is 2.16. The number of halogens is 1. The van der Waals surface area contributed by atoms with Gasteiger partial charge in [0.1, 0.15) is 5.82 Å². The largest absolute Gasteiger partial charge is 0.365 e. The Morgan fingerprint density at radius 2 is 2.00 bits per heavy atom. The summed E-state index contributed by atoms with van der Waals surface area (Å²) in [5.41, 5.74) is 1.08. The summed E-state index contributed by atoms with van der Waals surface area (Å²) in [6.45, 7) is 8.72. The summed E-state index contributed by atoms with van der Waals surface area (Å²) >= 11 is 0. The Hall–Kier alpha value is -0.890. The molecular weight excluding hydrogens is 191 g/mol. The lowest BCUT2D eigenvalue weighted by atomic mass is 9.73.